The van der Waals surface area contributed by atoms with E-state index in [0.29, 0.717) is 34.9 Å². The Bertz CT molecular complexity index is 383. The van der Waals surface area contributed by atoms with Crippen LogP contribution in [0.5, 0.6) is 0 Å². The third-order valence-corrected chi connectivity index (χ3v) is 3.75. The predicted molar refractivity (Wildman–Crippen MR) is 61.1 cm³/mol. The fourth-order valence-electron chi connectivity index (χ4n) is 2.13. The van der Waals surface area contributed by atoms with Crippen molar-refractivity contribution in [3.8, 4) is 0 Å². The molecular formula is C11H12Cl2FN. The summed E-state index contributed by atoms with van der Waals surface area (Å²) in [7, 11) is 0. The van der Waals surface area contributed by atoms with E-state index in [4.69, 9.17) is 28.9 Å². The van der Waals surface area contributed by atoms with E-state index in [1.807, 2.05) is 0 Å². The summed E-state index contributed by atoms with van der Waals surface area (Å²) >= 11 is 11.9. The first-order chi connectivity index (χ1) is 7.03. The quantitative estimate of drug-likeness (QED) is 0.806. The Kier molecular flexibility index (Phi) is 2.93. The molecule has 1 nitrogen and oxygen atoms in total. The molecule has 1 aromatic carbocycles. The van der Waals surface area contributed by atoms with Gasteiger partial charge in [-0.2, -0.15) is 0 Å². The summed E-state index contributed by atoms with van der Waals surface area (Å²) in [6, 6.07) is 4.98. The molecule has 1 fully saturated rings. The van der Waals surface area contributed by atoms with E-state index in [1.165, 1.54) is 0 Å². The summed E-state index contributed by atoms with van der Waals surface area (Å²) in [5, 5.41) is 0.711. The van der Waals surface area contributed by atoms with Gasteiger partial charge in [0.25, 0.3) is 0 Å². The molecule has 1 saturated carbocycles. The summed E-state index contributed by atoms with van der Waals surface area (Å²) in [5.41, 5.74) is 4.79. The predicted octanol–water partition coefficient (Wildman–Crippen LogP) is 3.67. The van der Waals surface area contributed by atoms with Crippen molar-refractivity contribution in [1.29, 1.82) is 0 Å². The van der Waals surface area contributed by atoms with Gasteiger partial charge in [-0.3, -0.25) is 0 Å². The van der Waals surface area contributed by atoms with Crippen LogP contribution in [0.15, 0.2) is 18.2 Å². The summed E-state index contributed by atoms with van der Waals surface area (Å²) < 4.78 is 14.5. The van der Waals surface area contributed by atoms with E-state index in [0.717, 1.165) is 0 Å². The summed E-state index contributed by atoms with van der Waals surface area (Å²) in [6.45, 7) is 0. The number of alkyl halides is 1. The number of benzene rings is 1. The minimum atomic E-state index is -1.40. The minimum absolute atomic E-state index is 0.0787. The van der Waals surface area contributed by atoms with Crippen LogP contribution in [0.2, 0.25) is 10.0 Å². The molecule has 2 unspecified atom stereocenters. The monoisotopic (exact) mass is 247 g/mol. The van der Waals surface area contributed by atoms with E-state index in [9.17, 15) is 4.39 Å². The molecule has 0 radical (unpaired) electrons. The van der Waals surface area contributed by atoms with Crippen LogP contribution in [0.4, 0.5) is 4.39 Å². The fraction of sp³-hybridized carbons (Fsp3) is 0.455. The molecule has 1 aromatic rings. The lowest BCUT2D eigenvalue weighted by Crippen LogP contribution is -2.21. The smallest absolute Gasteiger partial charge is 0.139 e. The molecule has 0 aliphatic heterocycles. The van der Waals surface area contributed by atoms with Gasteiger partial charge in [0.2, 0.25) is 0 Å². The van der Waals surface area contributed by atoms with E-state index in [-0.39, 0.29) is 6.04 Å². The second kappa shape index (κ2) is 3.93. The lowest BCUT2D eigenvalue weighted by molar-refractivity contribution is 0.172. The summed E-state index contributed by atoms with van der Waals surface area (Å²) in [5.74, 6) is 0. The Morgan fingerprint density at radius 1 is 1.40 bits per heavy atom. The summed E-state index contributed by atoms with van der Waals surface area (Å²) in [4.78, 5) is 0. The largest absolute Gasteiger partial charge is 0.328 e. The Morgan fingerprint density at radius 2 is 2.13 bits per heavy atom. The van der Waals surface area contributed by atoms with Gasteiger partial charge >= 0.3 is 0 Å². The number of nitrogens with two attached hydrogens (primary N) is 1. The van der Waals surface area contributed by atoms with Crippen LogP contribution in [0.3, 0.4) is 0 Å². The zero-order valence-corrected chi connectivity index (χ0v) is 9.65. The molecule has 1 aliphatic carbocycles. The molecule has 2 rings (SSSR count). The van der Waals surface area contributed by atoms with Crippen molar-refractivity contribution in [2.75, 3.05) is 0 Å². The lowest BCUT2D eigenvalue weighted by Gasteiger charge is -2.21. The highest BCUT2D eigenvalue weighted by atomic mass is 35.5. The fourth-order valence-corrected chi connectivity index (χ4v) is 2.60. The molecule has 0 bridgehead atoms. The molecule has 0 heterocycles. The van der Waals surface area contributed by atoms with Crippen LogP contribution in [0.1, 0.15) is 24.8 Å². The van der Waals surface area contributed by atoms with Crippen LogP contribution < -0.4 is 5.73 Å². The standard InChI is InChI=1S/C11H12Cl2FN/c12-9-3-1-2-8(10(9)13)11(14)5-4-7(15)6-11/h1-3,7H,4-6,15H2. The SMILES string of the molecule is NC1CCC(F)(c2cccc(Cl)c2Cl)C1. The molecule has 1 aliphatic rings. The zero-order valence-electron chi connectivity index (χ0n) is 8.14. The second-order valence-corrected chi connectivity index (χ2v) is 4.85. The van der Waals surface area contributed by atoms with Crippen molar-refractivity contribution in [2.45, 2.75) is 31.0 Å². The van der Waals surface area contributed by atoms with Crippen molar-refractivity contribution in [3.63, 3.8) is 0 Å². The van der Waals surface area contributed by atoms with Gasteiger partial charge < -0.3 is 5.73 Å². The lowest BCUT2D eigenvalue weighted by atomic mass is 9.94. The van der Waals surface area contributed by atoms with Gasteiger partial charge in [0, 0.05) is 18.0 Å². The van der Waals surface area contributed by atoms with Crippen molar-refractivity contribution in [2.24, 2.45) is 5.73 Å². The molecular weight excluding hydrogens is 236 g/mol. The summed E-state index contributed by atoms with van der Waals surface area (Å²) in [6.07, 6.45) is 1.45. The van der Waals surface area contributed by atoms with Crippen molar-refractivity contribution >= 4 is 23.2 Å². The molecule has 0 amide bonds. The van der Waals surface area contributed by atoms with Crippen LogP contribution in [0.25, 0.3) is 0 Å². The van der Waals surface area contributed by atoms with Gasteiger partial charge in [-0.1, -0.05) is 35.3 Å². The molecule has 15 heavy (non-hydrogen) atoms. The Labute approximate surface area is 98.4 Å². The first kappa shape index (κ1) is 11.2. The third kappa shape index (κ3) is 1.99. The van der Waals surface area contributed by atoms with Gasteiger partial charge in [0.1, 0.15) is 5.67 Å². The highest BCUT2D eigenvalue weighted by Gasteiger charge is 2.41. The number of rotatable bonds is 1. The first-order valence-corrected chi connectivity index (χ1v) is 5.67. The van der Waals surface area contributed by atoms with Crippen molar-refractivity contribution < 1.29 is 4.39 Å². The molecule has 0 aromatic heterocycles. The maximum atomic E-state index is 14.5. The van der Waals surface area contributed by atoms with E-state index in [1.54, 1.807) is 18.2 Å². The van der Waals surface area contributed by atoms with Gasteiger partial charge in [0.05, 0.1) is 10.0 Å². The molecule has 4 heteroatoms. The highest BCUT2D eigenvalue weighted by Crippen LogP contribution is 2.45. The Hall–Kier alpha value is -0.310. The average Bonchev–Trinajstić information content (AvgIpc) is 2.52. The van der Waals surface area contributed by atoms with Gasteiger partial charge in [-0.25, -0.2) is 4.39 Å². The minimum Gasteiger partial charge on any atom is -0.328 e. The molecule has 2 N–H and O–H groups in total. The van der Waals surface area contributed by atoms with Crippen LogP contribution in [-0.2, 0) is 5.67 Å². The van der Waals surface area contributed by atoms with Crippen LogP contribution in [0, 0.1) is 0 Å². The van der Waals surface area contributed by atoms with E-state index in [2.05, 4.69) is 0 Å². The van der Waals surface area contributed by atoms with Crippen molar-refractivity contribution in [1.82, 2.24) is 0 Å². The Balaban J connectivity index is 2.41. The molecule has 0 spiro atoms. The topological polar surface area (TPSA) is 26.0 Å². The Morgan fingerprint density at radius 3 is 2.73 bits per heavy atom. The van der Waals surface area contributed by atoms with E-state index >= 15 is 0 Å². The molecule has 2 atom stereocenters. The maximum absolute atomic E-state index is 14.5. The first-order valence-electron chi connectivity index (χ1n) is 4.92. The number of hydrogen-bond acceptors (Lipinski definition) is 1. The number of hydrogen-bond donors (Lipinski definition) is 1. The third-order valence-electron chi connectivity index (χ3n) is 2.93. The van der Waals surface area contributed by atoms with E-state index < -0.39 is 5.67 Å². The number of halogens is 3. The van der Waals surface area contributed by atoms with Crippen LogP contribution in [-0.4, -0.2) is 6.04 Å². The zero-order chi connectivity index (χ0) is 11.1. The highest BCUT2D eigenvalue weighted by molar-refractivity contribution is 6.42. The van der Waals surface area contributed by atoms with Gasteiger partial charge in [-0.15, -0.1) is 0 Å². The normalized spacial score (nSPS) is 30.8. The molecule has 82 valence electrons. The van der Waals surface area contributed by atoms with Crippen molar-refractivity contribution in [3.05, 3.63) is 33.8 Å². The average molecular weight is 248 g/mol. The van der Waals surface area contributed by atoms with Crippen LogP contribution >= 0.6 is 23.2 Å². The second-order valence-electron chi connectivity index (χ2n) is 4.07. The molecule has 0 saturated heterocycles. The van der Waals surface area contributed by atoms with Gasteiger partial charge in [0.15, 0.2) is 0 Å². The maximum Gasteiger partial charge on any atom is 0.139 e. The van der Waals surface area contributed by atoms with Gasteiger partial charge in [-0.05, 0) is 18.9 Å².